The van der Waals surface area contributed by atoms with Gasteiger partial charge in [-0.15, -0.1) is 11.8 Å². The number of aliphatic hydroxyl groups excluding tert-OH is 1. The maximum atomic E-state index is 8.93. The minimum Gasteiger partial charge on any atom is -0.395 e. The van der Waals surface area contributed by atoms with E-state index in [0.717, 1.165) is 29.2 Å². The molecule has 0 saturated carbocycles. The van der Waals surface area contributed by atoms with Crippen molar-refractivity contribution in [1.29, 1.82) is 0 Å². The first-order valence-corrected chi connectivity index (χ1v) is 7.29. The third-order valence-electron chi connectivity index (χ3n) is 3.10. The lowest BCUT2D eigenvalue weighted by molar-refractivity contribution is 0.311. The van der Waals surface area contributed by atoms with Gasteiger partial charge in [-0.2, -0.15) is 0 Å². The van der Waals surface area contributed by atoms with Crippen molar-refractivity contribution in [1.82, 2.24) is 9.97 Å². The Bertz CT molecular complexity index is 589. The summed E-state index contributed by atoms with van der Waals surface area (Å²) in [5, 5.41) is 12.1. The first-order chi connectivity index (χ1) is 9.40. The third-order valence-corrected chi connectivity index (χ3v) is 4.18. The number of hydrogen-bond acceptors (Lipinski definition) is 5. The number of nitrogens with one attached hydrogen (secondary N) is 1. The lowest BCUT2D eigenvalue weighted by Crippen LogP contribution is -2.10. The molecule has 2 aromatic rings. The maximum Gasteiger partial charge on any atom is 0.133 e. The second-order valence-corrected chi connectivity index (χ2v) is 5.43. The molecule has 0 fully saturated rings. The Morgan fingerprint density at radius 3 is 3.05 bits per heavy atom. The van der Waals surface area contributed by atoms with Crippen molar-refractivity contribution in [2.45, 2.75) is 11.3 Å². The van der Waals surface area contributed by atoms with Gasteiger partial charge in [-0.05, 0) is 12.5 Å². The number of aromatic nitrogens is 2. The van der Waals surface area contributed by atoms with Gasteiger partial charge in [-0.3, -0.25) is 0 Å². The minimum absolute atomic E-state index is 0.101. The standard InChI is InChI=1S/C14H15N3OS/c18-7-6-15-14-11-5-8-19-12-4-2-1-3-10(12)13(11)16-9-17-14/h1-4,9,18H,5-8H2,(H,15,16,17). The summed E-state index contributed by atoms with van der Waals surface area (Å²) < 4.78 is 0. The van der Waals surface area contributed by atoms with Gasteiger partial charge in [0.25, 0.3) is 0 Å². The molecular formula is C14H15N3OS. The molecular weight excluding hydrogens is 258 g/mol. The zero-order valence-corrected chi connectivity index (χ0v) is 11.3. The first kappa shape index (κ1) is 12.4. The molecule has 0 atom stereocenters. The lowest BCUT2D eigenvalue weighted by Gasteiger charge is -2.12. The van der Waals surface area contributed by atoms with Gasteiger partial charge in [0.05, 0.1) is 12.3 Å². The number of anilines is 1. The van der Waals surface area contributed by atoms with Gasteiger partial charge < -0.3 is 10.4 Å². The number of fused-ring (bicyclic) bond motifs is 3. The largest absolute Gasteiger partial charge is 0.395 e. The van der Waals surface area contributed by atoms with E-state index in [4.69, 9.17) is 5.11 Å². The molecule has 1 aliphatic heterocycles. The van der Waals surface area contributed by atoms with Crippen LogP contribution in [0.5, 0.6) is 0 Å². The van der Waals surface area contributed by atoms with Crippen molar-refractivity contribution < 1.29 is 5.11 Å². The fourth-order valence-corrected chi connectivity index (χ4v) is 3.28. The quantitative estimate of drug-likeness (QED) is 0.898. The van der Waals surface area contributed by atoms with Crippen molar-refractivity contribution in [3.63, 3.8) is 0 Å². The Morgan fingerprint density at radius 2 is 2.16 bits per heavy atom. The zero-order valence-electron chi connectivity index (χ0n) is 10.5. The molecule has 4 nitrogen and oxygen atoms in total. The summed E-state index contributed by atoms with van der Waals surface area (Å²) in [5.41, 5.74) is 3.33. The van der Waals surface area contributed by atoms with Crippen LogP contribution in [0.3, 0.4) is 0 Å². The summed E-state index contributed by atoms with van der Waals surface area (Å²) in [7, 11) is 0. The Kier molecular flexibility index (Phi) is 3.66. The monoisotopic (exact) mass is 273 g/mol. The topological polar surface area (TPSA) is 58.0 Å². The molecule has 0 spiro atoms. The highest BCUT2D eigenvalue weighted by Gasteiger charge is 2.18. The Labute approximate surface area is 116 Å². The third kappa shape index (κ3) is 2.43. The molecule has 2 N–H and O–H groups in total. The van der Waals surface area contributed by atoms with Gasteiger partial charge in [-0.25, -0.2) is 9.97 Å². The van der Waals surface area contributed by atoms with E-state index in [0.29, 0.717) is 6.54 Å². The smallest absolute Gasteiger partial charge is 0.133 e. The Balaban J connectivity index is 2.09. The molecule has 0 aliphatic carbocycles. The van der Waals surface area contributed by atoms with Crippen LogP contribution in [0, 0.1) is 0 Å². The fourth-order valence-electron chi connectivity index (χ4n) is 2.26. The van der Waals surface area contributed by atoms with E-state index in [1.165, 1.54) is 10.5 Å². The molecule has 0 bridgehead atoms. The van der Waals surface area contributed by atoms with Crippen LogP contribution in [0.15, 0.2) is 35.5 Å². The number of benzene rings is 1. The summed E-state index contributed by atoms with van der Waals surface area (Å²) in [4.78, 5) is 10.0. The summed E-state index contributed by atoms with van der Waals surface area (Å²) in [6, 6.07) is 8.34. The molecule has 0 amide bonds. The molecule has 0 radical (unpaired) electrons. The summed E-state index contributed by atoms with van der Waals surface area (Å²) in [6.07, 6.45) is 2.52. The molecule has 5 heteroatoms. The van der Waals surface area contributed by atoms with Gasteiger partial charge in [0, 0.05) is 28.3 Å². The van der Waals surface area contributed by atoms with Crippen LogP contribution >= 0.6 is 11.8 Å². The number of nitrogens with zero attached hydrogens (tertiary/aromatic N) is 2. The second-order valence-electron chi connectivity index (χ2n) is 4.29. The average molecular weight is 273 g/mol. The first-order valence-electron chi connectivity index (χ1n) is 6.31. The highest BCUT2D eigenvalue weighted by molar-refractivity contribution is 7.99. The van der Waals surface area contributed by atoms with Gasteiger partial charge in [-0.1, -0.05) is 18.2 Å². The molecule has 1 aromatic heterocycles. The van der Waals surface area contributed by atoms with E-state index in [1.54, 1.807) is 6.33 Å². The molecule has 3 rings (SSSR count). The highest BCUT2D eigenvalue weighted by atomic mass is 32.2. The van der Waals surface area contributed by atoms with Gasteiger partial charge >= 0.3 is 0 Å². The van der Waals surface area contributed by atoms with Gasteiger partial charge in [0.2, 0.25) is 0 Å². The Morgan fingerprint density at radius 1 is 1.26 bits per heavy atom. The second kappa shape index (κ2) is 5.59. The summed E-state index contributed by atoms with van der Waals surface area (Å²) in [5.74, 6) is 1.86. The predicted octanol–water partition coefficient (Wildman–Crippen LogP) is 2.20. The maximum absolute atomic E-state index is 8.93. The van der Waals surface area contributed by atoms with Crippen LogP contribution in [-0.2, 0) is 6.42 Å². The van der Waals surface area contributed by atoms with Crippen molar-refractivity contribution in [2.75, 3.05) is 24.2 Å². The van der Waals surface area contributed by atoms with Crippen LogP contribution in [0.2, 0.25) is 0 Å². The number of rotatable bonds is 3. The number of thioether (sulfide) groups is 1. The average Bonchev–Trinajstić information content (AvgIpc) is 2.65. The van der Waals surface area contributed by atoms with E-state index < -0.39 is 0 Å². The van der Waals surface area contributed by atoms with E-state index in [9.17, 15) is 0 Å². The lowest BCUT2D eigenvalue weighted by atomic mass is 10.0. The normalized spacial score (nSPS) is 13.3. The van der Waals surface area contributed by atoms with Gasteiger partial charge in [0.15, 0.2) is 0 Å². The van der Waals surface area contributed by atoms with E-state index in [1.807, 2.05) is 17.8 Å². The fraction of sp³-hybridized carbons (Fsp3) is 0.286. The zero-order chi connectivity index (χ0) is 13.1. The van der Waals surface area contributed by atoms with E-state index >= 15 is 0 Å². The molecule has 0 saturated heterocycles. The van der Waals surface area contributed by atoms with Crippen molar-refractivity contribution >= 4 is 17.6 Å². The molecule has 0 unspecified atom stereocenters. The number of hydrogen-bond donors (Lipinski definition) is 2. The Hall–Kier alpha value is -1.59. The number of aliphatic hydroxyl groups is 1. The van der Waals surface area contributed by atoms with E-state index in [-0.39, 0.29) is 6.61 Å². The summed E-state index contributed by atoms with van der Waals surface area (Å²) in [6.45, 7) is 0.613. The van der Waals surface area contributed by atoms with Crippen LogP contribution in [0.25, 0.3) is 11.3 Å². The molecule has 1 aromatic carbocycles. The SMILES string of the molecule is OCCNc1ncnc2c1CCSc1ccccc1-2. The minimum atomic E-state index is 0.101. The van der Waals surface area contributed by atoms with Crippen molar-refractivity contribution in [2.24, 2.45) is 0 Å². The van der Waals surface area contributed by atoms with Crippen LogP contribution in [0.1, 0.15) is 5.56 Å². The van der Waals surface area contributed by atoms with Crippen LogP contribution in [0.4, 0.5) is 5.82 Å². The van der Waals surface area contributed by atoms with Crippen LogP contribution < -0.4 is 5.32 Å². The predicted molar refractivity (Wildman–Crippen MR) is 77.5 cm³/mol. The molecule has 19 heavy (non-hydrogen) atoms. The summed E-state index contributed by atoms with van der Waals surface area (Å²) >= 11 is 1.85. The van der Waals surface area contributed by atoms with Crippen molar-refractivity contribution in [3.8, 4) is 11.3 Å². The van der Waals surface area contributed by atoms with Gasteiger partial charge in [0.1, 0.15) is 12.1 Å². The van der Waals surface area contributed by atoms with E-state index in [2.05, 4.69) is 33.5 Å². The molecule has 2 heterocycles. The molecule has 98 valence electrons. The molecule has 1 aliphatic rings. The van der Waals surface area contributed by atoms with Crippen LogP contribution in [-0.4, -0.2) is 34.0 Å². The highest BCUT2D eigenvalue weighted by Crippen LogP contribution is 2.37. The van der Waals surface area contributed by atoms with Crippen molar-refractivity contribution in [3.05, 3.63) is 36.2 Å².